The van der Waals surface area contributed by atoms with Gasteiger partial charge >= 0.3 is 0 Å². The van der Waals surface area contributed by atoms with Gasteiger partial charge in [0.15, 0.2) is 6.73 Å². The molecule has 0 spiro atoms. The van der Waals surface area contributed by atoms with Gasteiger partial charge in [0, 0.05) is 24.4 Å². The number of carbonyl (C=O) groups is 1. The molecule has 122 valence electrons. The number of rotatable bonds is 6. The van der Waals surface area contributed by atoms with Crippen LogP contribution in [0, 0.1) is 0 Å². The molecule has 1 atom stereocenters. The number of carbonyl (C=O) groups excluding carboxylic acids is 1. The molecule has 0 saturated carbocycles. The molecule has 3 rings (SSSR count). The van der Waals surface area contributed by atoms with Crippen molar-refractivity contribution in [3.63, 3.8) is 0 Å². The Kier molecular flexibility index (Phi) is 5.15. The van der Waals surface area contributed by atoms with Crippen LogP contribution in [0.25, 0.3) is 0 Å². The van der Waals surface area contributed by atoms with Crippen LogP contribution in [0.1, 0.15) is 23.3 Å². The van der Waals surface area contributed by atoms with Crippen LogP contribution in [0.4, 0.5) is 0 Å². The second-order valence-corrected chi connectivity index (χ2v) is 5.75. The van der Waals surface area contributed by atoms with Crippen molar-refractivity contribution < 1.29 is 14.3 Å². The minimum absolute atomic E-state index is 0.118. The number of nitrogens with zero attached hydrogens (tertiary/aromatic N) is 2. The van der Waals surface area contributed by atoms with Crippen LogP contribution in [0.2, 0.25) is 5.02 Å². The first-order valence-corrected chi connectivity index (χ1v) is 7.90. The Balaban J connectivity index is 1.49. The summed E-state index contributed by atoms with van der Waals surface area (Å²) in [4.78, 5) is 12.0. The smallest absolute Gasteiger partial charge is 0.271 e. The Bertz CT molecular complexity index is 668. The lowest BCUT2D eigenvalue weighted by Gasteiger charge is -2.09. The van der Waals surface area contributed by atoms with Gasteiger partial charge in [0.05, 0.1) is 6.10 Å². The number of aromatic nitrogens is 2. The third-order valence-corrected chi connectivity index (χ3v) is 3.78. The number of amides is 1. The first kappa shape index (κ1) is 15.8. The van der Waals surface area contributed by atoms with Gasteiger partial charge in [-0.1, -0.05) is 17.7 Å². The molecule has 1 unspecified atom stereocenters. The number of halogens is 1. The summed E-state index contributed by atoms with van der Waals surface area (Å²) in [6.45, 7) is 1.50. The van der Waals surface area contributed by atoms with E-state index in [1.807, 2.05) is 12.1 Å². The zero-order valence-corrected chi connectivity index (χ0v) is 13.3. The molecule has 1 amide bonds. The number of ether oxygens (including phenoxy) is 2. The Morgan fingerprint density at radius 3 is 3.17 bits per heavy atom. The van der Waals surface area contributed by atoms with Gasteiger partial charge in [0.2, 0.25) is 0 Å². The van der Waals surface area contributed by atoms with E-state index < -0.39 is 0 Å². The molecule has 7 heteroatoms. The fourth-order valence-corrected chi connectivity index (χ4v) is 2.53. The fraction of sp³-hybridized carbons (Fsp3) is 0.375. The number of nitrogens with one attached hydrogen (secondary N) is 1. The maximum Gasteiger partial charge on any atom is 0.271 e. The Hall–Kier alpha value is -2.05. The zero-order valence-electron chi connectivity index (χ0n) is 12.6. The van der Waals surface area contributed by atoms with Crippen LogP contribution < -0.4 is 10.1 Å². The van der Waals surface area contributed by atoms with Crippen molar-refractivity contribution in [2.24, 2.45) is 0 Å². The molecule has 0 aliphatic carbocycles. The van der Waals surface area contributed by atoms with E-state index in [1.165, 1.54) is 0 Å². The molecule has 6 nitrogen and oxygen atoms in total. The summed E-state index contributed by atoms with van der Waals surface area (Å²) in [5.74, 6) is 0.444. The molecule has 1 fully saturated rings. The van der Waals surface area contributed by atoms with E-state index in [4.69, 9.17) is 21.1 Å². The monoisotopic (exact) mass is 335 g/mol. The SMILES string of the molecule is O=C(NCC1CCCO1)c1ccn(COc2cccc(Cl)c2)n1. The number of hydrogen-bond donors (Lipinski definition) is 1. The highest BCUT2D eigenvalue weighted by Gasteiger charge is 2.17. The highest BCUT2D eigenvalue weighted by molar-refractivity contribution is 6.30. The Morgan fingerprint density at radius 1 is 1.48 bits per heavy atom. The van der Waals surface area contributed by atoms with Crippen LogP contribution in [0.15, 0.2) is 36.5 Å². The Morgan fingerprint density at radius 2 is 2.39 bits per heavy atom. The molecular formula is C16H18ClN3O3. The van der Waals surface area contributed by atoms with Crippen LogP contribution >= 0.6 is 11.6 Å². The van der Waals surface area contributed by atoms with Crippen LogP contribution in [0.3, 0.4) is 0 Å². The predicted molar refractivity (Wildman–Crippen MR) is 85.6 cm³/mol. The van der Waals surface area contributed by atoms with Crippen molar-refractivity contribution in [3.8, 4) is 5.75 Å². The second kappa shape index (κ2) is 7.48. The highest BCUT2D eigenvalue weighted by Crippen LogP contribution is 2.17. The van der Waals surface area contributed by atoms with Gasteiger partial charge in [-0.25, -0.2) is 4.68 Å². The zero-order chi connectivity index (χ0) is 16.1. The van der Waals surface area contributed by atoms with E-state index in [1.54, 1.807) is 29.1 Å². The van der Waals surface area contributed by atoms with Crippen LogP contribution in [-0.4, -0.2) is 34.9 Å². The van der Waals surface area contributed by atoms with Gasteiger partial charge in [-0.05, 0) is 37.1 Å². The molecule has 0 radical (unpaired) electrons. The molecular weight excluding hydrogens is 318 g/mol. The van der Waals surface area contributed by atoms with Gasteiger partial charge < -0.3 is 14.8 Å². The first-order chi connectivity index (χ1) is 11.2. The summed E-state index contributed by atoms with van der Waals surface area (Å²) in [6, 6.07) is 8.78. The summed E-state index contributed by atoms with van der Waals surface area (Å²) >= 11 is 5.90. The van der Waals surface area contributed by atoms with E-state index in [0.717, 1.165) is 19.4 Å². The standard InChI is InChI=1S/C16H18ClN3O3/c17-12-3-1-4-13(9-12)23-11-20-7-6-15(19-20)16(21)18-10-14-5-2-8-22-14/h1,3-4,6-7,9,14H,2,5,8,10-11H2,(H,18,21). The predicted octanol–water partition coefficient (Wildman–Crippen LogP) is 2.48. The lowest BCUT2D eigenvalue weighted by atomic mass is 10.2. The lowest BCUT2D eigenvalue weighted by Crippen LogP contribution is -2.32. The molecule has 0 bridgehead atoms. The van der Waals surface area contributed by atoms with E-state index in [-0.39, 0.29) is 18.7 Å². The molecule has 1 aromatic heterocycles. The molecule has 1 aliphatic rings. The third kappa shape index (κ3) is 4.46. The molecule has 1 aliphatic heterocycles. The highest BCUT2D eigenvalue weighted by atomic mass is 35.5. The maximum atomic E-state index is 12.0. The average molecular weight is 336 g/mol. The summed E-state index contributed by atoms with van der Waals surface area (Å²) in [6.07, 6.45) is 3.86. The summed E-state index contributed by atoms with van der Waals surface area (Å²) in [5, 5.41) is 7.64. The molecule has 1 aromatic carbocycles. The minimum Gasteiger partial charge on any atom is -0.471 e. The maximum absolute atomic E-state index is 12.0. The largest absolute Gasteiger partial charge is 0.471 e. The van der Waals surface area contributed by atoms with Crippen molar-refractivity contribution in [1.82, 2.24) is 15.1 Å². The molecule has 1 saturated heterocycles. The summed E-state index contributed by atoms with van der Waals surface area (Å²) in [7, 11) is 0. The Labute approximate surface area is 139 Å². The van der Waals surface area contributed by atoms with Crippen LogP contribution in [-0.2, 0) is 11.5 Å². The summed E-state index contributed by atoms with van der Waals surface area (Å²) in [5.41, 5.74) is 0.359. The van der Waals surface area contributed by atoms with E-state index in [0.29, 0.717) is 23.0 Å². The minimum atomic E-state index is -0.206. The van der Waals surface area contributed by atoms with Gasteiger partial charge in [-0.2, -0.15) is 5.10 Å². The van der Waals surface area contributed by atoms with E-state index in [2.05, 4.69) is 10.4 Å². The van der Waals surface area contributed by atoms with Crippen molar-refractivity contribution in [3.05, 3.63) is 47.2 Å². The topological polar surface area (TPSA) is 65.4 Å². The normalized spacial score (nSPS) is 17.2. The van der Waals surface area contributed by atoms with Crippen molar-refractivity contribution >= 4 is 17.5 Å². The molecule has 2 heterocycles. The van der Waals surface area contributed by atoms with Crippen molar-refractivity contribution in [2.45, 2.75) is 25.7 Å². The van der Waals surface area contributed by atoms with E-state index >= 15 is 0 Å². The molecule has 1 N–H and O–H groups in total. The van der Waals surface area contributed by atoms with Gasteiger partial charge in [-0.15, -0.1) is 0 Å². The van der Waals surface area contributed by atoms with Gasteiger partial charge in [0.1, 0.15) is 11.4 Å². The van der Waals surface area contributed by atoms with Crippen molar-refractivity contribution in [2.75, 3.05) is 13.2 Å². The number of hydrogen-bond acceptors (Lipinski definition) is 4. The quantitative estimate of drug-likeness (QED) is 0.880. The van der Waals surface area contributed by atoms with Gasteiger partial charge in [-0.3, -0.25) is 4.79 Å². The lowest BCUT2D eigenvalue weighted by molar-refractivity contribution is 0.0852. The summed E-state index contributed by atoms with van der Waals surface area (Å²) < 4.78 is 12.6. The third-order valence-electron chi connectivity index (χ3n) is 3.55. The fourth-order valence-electron chi connectivity index (χ4n) is 2.35. The van der Waals surface area contributed by atoms with Gasteiger partial charge in [0.25, 0.3) is 5.91 Å². The van der Waals surface area contributed by atoms with E-state index in [9.17, 15) is 4.79 Å². The molecule has 2 aromatic rings. The van der Waals surface area contributed by atoms with Crippen molar-refractivity contribution in [1.29, 1.82) is 0 Å². The number of benzene rings is 1. The average Bonchev–Trinajstić information content (AvgIpc) is 3.22. The molecule has 23 heavy (non-hydrogen) atoms. The second-order valence-electron chi connectivity index (χ2n) is 5.32. The van der Waals surface area contributed by atoms with Crippen LogP contribution in [0.5, 0.6) is 5.75 Å². The first-order valence-electron chi connectivity index (χ1n) is 7.52.